The highest BCUT2D eigenvalue weighted by atomic mass is 79.9. The Morgan fingerprint density at radius 1 is 1.26 bits per heavy atom. The smallest absolute Gasteiger partial charge is 0.124 e. The second-order valence-electron chi connectivity index (χ2n) is 4.33. The molecule has 2 aromatic rings. The van der Waals surface area contributed by atoms with E-state index >= 15 is 0 Å². The summed E-state index contributed by atoms with van der Waals surface area (Å²) in [5.74, 6) is 0.534. The molecule has 0 aliphatic rings. The largest absolute Gasteiger partial charge is 0.497 e. The van der Waals surface area contributed by atoms with Crippen molar-refractivity contribution in [2.24, 2.45) is 5.73 Å². The van der Waals surface area contributed by atoms with E-state index in [1.807, 2.05) is 24.3 Å². The van der Waals surface area contributed by atoms with E-state index in [0.29, 0.717) is 10.9 Å². The highest BCUT2D eigenvalue weighted by Crippen LogP contribution is 2.26. The first-order chi connectivity index (χ1) is 9.10. The van der Waals surface area contributed by atoms with Crippen LogP contribution in [-0.2, 0) is 6.42 Å². The van der Waals surface area contributed by atoms with E-state index in [1.165, 1.54) is 12.1 Å². The number of halogens is 2. The van der Waals surface area contributed by atoms with Crippen molar-refractivity contribution in [3.05, 3.63) is 63.9 Å². The summed E-state index contributed by atoms with van der Waals surface area (Å²) in [6, 6.07) is 12.2. The minimum atomic E-state index is -0.274. The average Bonchev–Trinajstić information content (AvgIpc) is 2.38. The maximum atomic E-state index is 13.0. The highest BCUT2D eigenvalue weighted by molar-refractivity contribution is 9.10. The molecule has 4 heteroatoms. The van der Waals surface area contributed by atoms with Gasteiger partial charge in [0.15, 0.2) is 0 Å². The molecular weight excluding hydrogens is 309 g/mol. The maximum Gasteiger partial charge on any atom is 0.124 e. The summed E-state index contributed by atoms with van der Waals surface area (Å²) >= 11 is 3.34. The van der Waals surface area contributed by atoms with Crippen molar-refractivity contribution in [2.75, 3.05) is 7.11 Å². The molecule has 19 heavy (non-hydrogen) atoms. The summed E-state index contributed by atoms with van der Waals surface area (Å²) in [4.78, 5) is 0. The lowest BCUT2D eigenvalue weighted by molar-refractivity contribution is 0.414. The van der Waals surface area contributed by atoms with Gasteiger partial charge in [0, 0.05) is 10.5 Å². The van der Waals surface area contributed by atoms with Crippen LogP contribution >= 0.6 is 15.9 Å². The molecule has 2 N–H and O–H groups in total. The predicted octanol–water partition coefficient (Wildman–Crippen LogP) is 3.84. The third-order valence-electron chi connectivity index (χ3n) is 2.95. The number of rotatable bonds is 4. The molecule has 2 rings (SSSR count). The van der Waals surface area contributed by atoms with Crippen LogP contribution in [0, 0.1) is 5.82 Å². The van der Waals surface area contributed by atoms with Crippen LogP contribution in [0.1, 0.15) is 17.2 Å². The second kappa shape index (κ2) is 6.17. The Labute approximate surface area is 120 Å². The first-order valence-electron chi connectivity index (χ1n) is 5.93. The van der Waals surface area contributed by atoms with Gasteiger partial charge in [-0.2, -0.15) is 0 Å². The Bertz CT molecular complexity index is 574. The van der Waals surface area contributed by atoms with Gasteiger partial charge in [0.05, 0.1) is 7.11 Å². The van der Waals surface area contributed by atoms with Crippen molar-refractivity contribution in [1.82, 2.24) is 0 Å². The predicted molar refractivity (Wildman–Crippen MR) is 77.7 cm³/mol. The van der Waals surface area contributed by atoms with Gasteiger partial charge in [-0.1, -0.05) is 34.1 Å². The number of hydrogen-bond donors (Lipinski definition) is 1. The van der Waals surface area contributed by atoms with Crippen LogP contribution in [0.15, 0.2) is 46.9 Å². The van der Waals surface area contributed by atoms with E-state index in [9.17, 15) is 4.39 Å². The molecule has 0 aliphatic carbocycles. The zero-order valence-electron chi connectivity index (χ0n) is 10.6. The van der Waals surface area contributed by atoms with Crippen LogP contribution in [0.25, 0.3) is 0 Å². The quantitative estimate of drug-likeness (QED) is 0.927. The fraction of sp³-hybridized carbons (Fsp3) is 0.200. The van der Waals surface area contributed by atoms with Crippen LogP contribution in [0.3, 0.4) is 0 Å². The van der Waals surface area contributed by atoms with Gasteiger partial charge in [0.2, 0.25) is 0 Å². The number of methoxy groups -OCH3 is 1. The molecule has 0 fully saturated rings. The van der Waals surface area contributed by atoms with E-state index in [0.717, 1.165) is 16.9 Å². The van der Waals surface area contributed by atoms with Crippen LogP contribution in [0.5, 0.6) is 5.75 Å². The third kappa shape index (κ3) is 3.55. The molecule has 2 nitrogen and oxygen atoms in total. The SMILES string of the molecule is COc1cccc(CC(N)c2ccc(F)cc2Br)c1. The Morgan fingerprint density at radius 2 is 2.05 bits per heavy atom. The maximum absolute atomic E-state index is 13.0. The van der Waals surface area contributed by atoms with Crippen molar-refractivity contribution in [1.29, 1.82) is 0 Å². The minimum absolute atomic E-state index is 0.193. The zero-order valence-corrected chi connectivity index (χ0v) is 12.2. The normalized spacial score (nSPS) is 12.2. The molecule has 0 spiro atoms. The van der Waals surface area contributed by atoms with Crippen LogP contribution < -0.4 is 10.5 Å². The van der Waals surface area contributed by atoms with Gasteiger partial charge >= 0.3 is 0 Å². The van der Waals surface area contributed by atoms with Gasteiger partial charge in [0.1, 0.15) is 11.6 Å². The monoisotopic (exact) mass is 323 g/mol. The van der Waals surface area contributed by atoms with Crippen molar-refractivity contribution in [2.45, 2.75) is 12.5 Å². The first kappa shape index (κ1) is 14.0. The molecule has 1 unspecified atom stereocenters. The van der Waals surface area contributed by atoms with Gasteiger partial charge in [-0.3, -0.25) is 0 Å². The van der Waals surface area contributed by atoms with Crippen molar-refractivity contribution in [3.8, 4) is 5.75 Å². The average molecular weight is 324 g/mol. The number of benzene rings is 2. The van der Waals surface area contributed by atoms with Gasteiger partial charge in [0.25, 0.3) is 0 Å². The van der Waals surface area contributed by atoms with Crippen molar-refractivity contribution >= 4 is 15.9 Å². The summed E-state index contributed by atoms with van der Waals surface area (Å²) < 4.78 is 18.9. The Hall–Kier alpha value is -1.39. The van der Waals surface area contributed by atoms with E-state index in [2.05, 4.69) is 15.9 Å². The van der Waals surface area contributed by atoms with E-state index < -0.39 is 0 Å². The molecule has 0 bridgehead atoms. The van der Waals surface area contributed by atoms with Gasteiger partial charge in [-0.05, 0) is 41.8 Å². The molecule has 0 amide bonds. The second-order valence-corrected chi connectivity index (χ2v) is 5.18. The van der Waals surface area contributed by atoms with E-state index in [-0.39, 0.29) is 11.9 Å². The fourth-order valence-electron chi connectivity index (χ4n) is 1.97. The lowest BCUT2D eigenvalue weighted by Crippen LogP contribution is -2.14. The summed E-state index contributed by atoms with van der Waals surface area (Å²) in [5, 5.41) is 0. The lowest BCUT2D eigenvalue weighted by atomic mass is 9.99. The minimum Gasteiger partial charge on any atom is -0.497 e. The van der Waals surface area contributed by atoms with Gasteiger partial charge < -0.3 is 10.5 Å². The fourth-order valence-corrected chi connectivity index (χ4v) is 2.61. The Kier molecular flexibility index (Phi) is 4.56. The molecule has 0 saturated carbocycles. The summed E-state index contributed by atoms with van der Waals surface area (Å²) in [6.45, 7) is 0. The Balaban J connectivity index is 2.17. The lowest BCUT2D eigenvalue weighted by Gasteiger charge is -2.14. The number of nitrogens with two attached hydrogens (primary N) is 1. The molecule has 0 radical (unpaired) electrons. The standard InChI is InChI=1S/C15H15BrFNO/c1-19-12-4-2-3-10(7-12)8-15(18)13-6-5-11(17)9-14(13)16/h2-7,9,15H,8,18H2,1H3. The van der Waals surface area contributed by atoms with Crippen LogP contribution in [-0.4, -0.2) is 7.11 Å². The summed E-state index contributed by atoms with van der Waals surface area (Å²) in [5.41, 5.74) is 8.16. The molecule has 0 saturated heterocycles. The van der Waals surface area contributed by atoms with Crippen LogP contribution in [0.4, 0.5) is 4.39 Å². The van der Waals surface area contributed by atoms with Crippen molar-refractivity contribution in [3.63, 3.8) is 0 Å². The van der Waals surface area contributed by atoms with Gasteiger partial charge in [-0.15, -0.1) is 0 Å². The van der Waals surface area contributed by atoms with Gasteiger partial charge in [-0.25, -0.2) is 4.39 Å². The van der Waals surface area contributed by atoms with E-state index in [4.69, 9.17) is 10.5 Å². The van der Waals surface area contributed by atoms with E-state index in [1.54, 1.807) is 13.2 Å². The summed E-state index contributed by atoms with van der Waals surface area (Å²) in [6.07, 6.45) is 0.668. The molecular formula is C15H15BrFNO. The summed E-state index contributed by atoms with van der Waals surface area (Å²) in [7, 11) is 1.63. The van der Waals surface area contributed by atoms with Crippen molar-refractivity contribution < 1.29 is 9.13 Å². The molecule has 1 atom stereocenters. The Morgan fingerprint density at radius 3 is 2.74 bits per heavy atom. The molecule has 2 aromatic carbocycles. The zero-order chi connectivity index (χ0) is 13.8. The topological polar surface area (TPSA) is 35.2 Å². The molecule has 0 aliphatic heterocycles. The number of ether oxygens (including phenoxy) is 1. The molecule has 0 heterocycles. The molecule has 0 aromatic heterocycles. The third-order valence-corrected chi connectivity index (χ3v) is 3.64. The highest BCUT2D eigenvalue weighted by Gasteiger charge is 2.11. The molecule has 100 valence electrons. The van der Waals surface area contributed by atoms with Crippen LogP contribution in [0.2, 0.25) is 0 Å². The first-order valence-corrected chi connectivity index (χ1v) is 6.73. The number of hydrogen-bond acceptors (Lipinski definition) is 2.